The van der Waals surface area contributed by atoms with Crippen molar-refractivity contribution in [3.05, 3.63) is 66.2 Å². The summed E-state index contributed by atoms with van der Waals surface area (Å²) in [5, 5.41) is 14.2. The number of hydrogen-bond donors (Lipinski definition) is 4. The predicted octanol–water partition coefficient (Wildman–Crippen LogP) is 2.65. The largest absolute Gasteiger partial charge is 0.351 e. The summed E-state index contributed by atoms with van der Waals surface area (Å²) in [5.41, 5.74) is 6.51. The number of nitrogens with one attached hydrogen (secondary N) is 3. The molecule has 0 spiro atoms. The smallest absolute Gasteiger partial charge is 0.244 e. The number of hydrogen-bond acceptors (Lipinski definition) is 4. The Kier molecular flexibility index (Phi) is 8.19. The van der Waals surface area contributed by atoms with Crippen LogP contribution >= 0.6 is 0 Å². The van der Waals surface area contributed by atoms with Gasteiger partial charge >= 0.3 is 0 Å². The second kappa shape index (κ2) is 11.3. The van der Waals surface area contributed by atoms with Crippen LogP contribution in [0.2, 0.25) is 0 Å². The van der Waals surface area contributed by atoms with E-state index in [1.807, 2.05) is 30.3 Å². The summed E-state index contributed by atoms with van der Waals surface area (Å²) in [5.74, 6) is -0.0755. The minimum atomic E-state index is -0.0755. The predicted molar refractivity (Wildman–Crippen MR) is 123 cm³/mol. The Labute approximate surface area is 172 Å². The Balaban J connectivity index is 1.54. The van der Waals surface area contributed by atoms with Crippen LogP contribution in [0.5, 0.6) is 0 Å². The standard InChI is InChI=1S/C24H30N4O/c25-12-15-26-13-5-14-27-16-17-28-24(29)11-10-23-21-8-3-1-6-19(21)18-20-7-2-4-9-22(20)23/h1-4,6-11,18,26-27H,5,12-17,25H2,(H,28,29)/b11-10+. The van der Waals surface area contributed by atoms with Crippen LogP contribution in [0, 0.1) is 0 Å². The first-order valence-electron chi connectivity index (χ1n) is 10.3. The Morgan fingerprint density at radius 3 is 2.10 bits per heavy atom. The molecule has 0 aliphatic carbocycles. The number of benzene rings is 3. The van der Waals surface area contributed by atoms with Crippen LogP contribution in [0.15, 0.2) is 60.7 Å². The molecule has 3 aromatic rings. The molecule has 0 heterocycles. The minimum Gasteiger partial charge on any atom is -0.351 e. The van der Waals surface area contributed by atoms with Gasteiger partial charge in [-0.25, -0.2) is 0 Å². The molecular formula is C24H30N4O. The van der Waals surface area contributed by atoms with Gasteiger partial charge in [0.15, 0.2) is 0 Å². The van der Waals surface area contributed by atoms with Gasteiger partial charge in [-0.05, 0) is 58.8 Å². The molecule has 0 aliphatic rings. The van der Waals surface area contributed by atoms with Crippen molar-refractivity contribution in [3.63, 3.8) is 0 Å². The third-order valence-electron chi connectivity index (χ3n) is 4.84. The highest BCUT2D eigenvalue weighted by Crippen LogP contribution is 2.29. The lowest BCUT2D eigenvalue weighted by molar-refractivity contribution is -0.116. The van der Waals surface area contributed by atoms with Crippen LogP contribution < -0.4 is 21.7 Å². The zero-order valence-electron chi connectivity index (χ0n) is 16.8. The van der Waals surface area contributed by atoms with Gasteiger partial charge in [-0.2, -0.15) is 0 Å². The first-order valence-corrected chi connectivity index (χ1v) is 10.3. The van der Waals surface area contributed by atoms with E-state index in [4.69, 9.17) is 5.73 Å². The second-order valence-corrected chi connectivity index (χ2v) is 7.00. The van der Waals surface area contributed by atoms with Gasteiger partial charge in [-0.15, -0.1) is 0 Å². The van der Waals surface area contributed by atoms with Crippen molar-refractivity contribution in [2.75, 3.05) is 39.3 Å². The SMILES string of the molecule is NCCNCCCNCCNC(=O)/C=C/c1c2ccccc2cc2ccccc12. The maximum Gasteiger partial charge on any atom is 0.244 e. The molecule has 29 heavy (non-hydrogen) atoms. The molecule has 0 fully saturated rings. The Morgan fingerprint density at radius 2 is 1.45 bits per heavy atom. The zero-order valence-corrected chi connectivity index (χ0v) is 16.8. The van der Waals surface area contributed by atoms with Crippen LogP contribution in [-0.2, 0) is 4.79 Å². The van der Waals surface area contributed by atoms with Gasteiger partial charge in [0, 0.05) is 32.3 Å². The average molecular weight is 391 g/mol. The minimum absolute atomic E-state index is 0.0755. The highest BCUT2D eigenvalue weighted by Gasteiger charge is 2.05. The number of carbonyl (C=O) groups excluding carboxylic acids is 1. The molecule has 3 rings (SSSR count). The van der Waals surface area contributed by atoms with E-state index in [1.165, 1.54) is 10.8 Å². The van der Waals surface area contributed by atoms with E-state index in [1.54, 1.807) is 6.08 Å². The zero-order chi connectivity index (χ0) is 20.3. The molecule has 3 aromatic carbocycles. The van der Waals surface area contributed by atoms with Crippen LogP contribution in [0.25, 0.3) is 27.6 Å². The Hall–Kier alpha value is -2.73. The molecule has 0 bridgehead atoms. The van der Waals surface area contributed by atoms with Gasteiger partial charge in [0.2, 0.25) is 5.91 Å². The number of fused-ring (bicyclic) bond motifs is 2. The van der Waals surface area contributed by atoms with Crippen LogP contribution in [-0.4, -0.2) is 45.2 Å². The van der Waals surface area contributed by atoms with Gasteiger partial charge in [-0.1, -0.05) is 48.5 Å². The van der Waals surface area contributed by atoms with E-state index < -0.39 is 0 Å². The molecule has 0 aromatic heterocycles. The lowest BCUT2D eigenvalue weighted by Gasteiger charge is -2.08. The van der Waals surface area contributed by atoms with Crippen molar-refractivity contribution in [3.8, 4) is 0 Å². The van der Waals surface area contributed by atoms with Crippen molar-refractivity contribution in [1.29, 1.82) is 0 Å². The summed E-state index contributed by atoms with van der Waals surface area (Å²) < 4.78 is 0. The molecular weight excluding hydrogens is 360 g/mol. The number of nitrogens with two attached hydrogens (primary N) is 1. The van der Waals surface area contributed by atoms with Crippen LogP contribution in [0.4, 0.5) is 0 Å². The molecule has 5 nitrogen and oxygen atoms in total. The first-order chi connectivity index (χ1) is 14.3. The number of rotatable bonds is 11. The number of carbonyl (C=O) groups is 1. The number of amides is 1. The van der Waals surface area contributed by atoms with E-state index in [0.717, 1.165) is 48.9 Å². The molecule has 152 valence electrons. The highest BCUT2D eigenvalue weighted by atomic mass is 16.1. The summed E-state index contributed by atoms with van der Waals surface area (Å²) in [7, 11) is 0. The van der Waals surface area contributed by atoms with E-state index in [-0.39, 0.29) is 5.91 Å². The van der Waals surface area contributed by atoms with Gasteiger partial charge in [0.25, 0.3) is 0 Å². The molecule has 0 saturated heterocycles. The fourth-order valence-electron chi connectivity index (χ4n) is 3.41. The van der Waals surface area contributed by atoms with E-state index in [2.05, 4.69) is 46.3 Å². The molecule has 5 heteroatoms. The quantitative estimate of drug-likeness (QED) is 0.231. The first kappa shape index (κ1) is 21.0. The molecule has 5 N–H and O–H groups in total. The van der Waals surface area contributed by atoms with Gasteiger partial charge < -0.3 is 21.7 Å². The topological polar surface area (TPSA) is 79.2 Å². The van der Waals surface area contributed by atoms with Gasteiger partial charge in [-0.3, -0.25) is 4.79 Å². The summed E-state index contributed by atoms with van der Waals surface area (Å²) in [6.45, 7) is 4.77. The van der Waals surface area contributed by atoms with Crippen LogP contribution in [0.1, 0.15) is 12.0 Å². The molecule has 0 atom stereocenters. The van der Waals surface area contributed by atoms with E-state index in [9.17, 15) is 4.79 Å². The maximum absolute atomic E-state index is 12.2. The summed E-state index contributed by atoms with van der Waals surface area (Å²) in [6, 6.07) is 18.8. The Bertz CT molecular complexity index is 913. The lowest BCUT2D eigenvalue weighted by Crippen LogP contribution is -2.32. The average Bonchev–Trinajstić information content (AvgIpc) is 2.75. The molecule has 1 amide bonds. The Morgan fingerprint density at radius 1 is 0.828 bits per heavy atom. The van der Waals surface area contributed by atoms with E-state index in [0.29, 0.717) is 13.1 Å². The molecule has 0 unspecified atom stereocenters. The highest BCUT2D eigenvalue weighted by molar-refractivity contribution is 6.08. The van der Waals surface area contributed by atoms with Crippen molar-refractivity contribution in [2.24, 2.45) is 5.73 Å². The van der Waals surface area contributed by atoms with Crippen molar-refractivity contribution in [1.82, 2.24) is 16.0 Å². The van der Waals surface area contributed by atoms with Crippen molar-refractivity contribution >= 4 is 33.5 Å². The molecule has 0 radical (unpaired) electrons. The third-order valence-corrected chi connectivity index (χ3v) is 4.84. The van der Waals surface area contributed by atoms with Crippen LogP contribution in [0.3, 0.4) is 0 Å². The fraction of sp³-hybridized carbons (Fsp3) is 0.292. The lowest BCUT2D eigenvalue weighted by atomic mass is 9.96. The summed E-state index contributed by atoms with van der Waals surface area (Å²) >= 11 is 0. The normalized spacial score (nSPS) is 11.5. The fourth-order valence-corrected chi connectivity index (χ4v) is 3.41. The third kappa shape index (κ3) is 6.12. The van der Waals surface area contributed by atoms with Gasteiger partial charge in [0.1, 0.15) is 0 Å². The monoisotopic (exact) mass is 390 g/mol. The molecule has 0 saturated carbocycles. The molecule has 0 aliphatic heterocycles. The van der Waals surface area contributed by atoms with E-state index >= 15 is 0 Å². The second-order valence-electron chi connectivity index (χ2n) is 7.00. The summed E-state index contributed by atoms with van der Waals surface area (Å²) in [4.78, 5) is 12.2. The van der Waals surface area contributed by atoms with Crippen molar-refractivity contribution in [2.45, 2.75) is 6.42 Å². The van der Waals surface area contributed by atoms with Gasteiger partial charge in [0.05, 0.1) is 0 Å². The van der Waals surface area contributed by atoms with Crippen molar-refractivity contribution < 1.29 is 4.79 Å². The summed E-state index contributed by atoms with van der Waals surface area (Å²) in [6.07, 6.45) is 4.60. The maximum atomic E-state index is 12.2.